The number of piperidine rings is 1. The number of imidazole rings is 1. The van der Waals surface area contributed by atoms with Crippen molar-refractivity contribution in [2.45, 2.75) is 37.6 Å². The van der Waals surface area contributed by atoms with E-state index in [1.54, 1.807) is 35.0 Å². The first-order valence-electron chi connectivity index (χ1n) is 11.5. The molecule has 2 fully saturated rings. The van der Waals surface area contributed by atoms with Crippen molar-refractivity contribution in [3.05, 3.63) is 56.2 Å². The molecule has 1 aliphatic carbocycles. The Morgan fingerprint density at radius 2 is 2.03 bits per heavy atom. The van der Waals surface area contributed by atoms with E-state index in [1.807, 2.05) is 0 Å². The number of hydrogen-bond donors (Lipinski definition) is 3. The second kappa shape index (κ2) is 8.36. The van der Waals surface area contributed by atoms with Gasteiger partial charge >= 0.3 is 5.69 Å². The minimum absolute atomic E-state index is 0.0246. The van der Waals surface area contributed by atoms with Crippen LogP contribution in [-0.4, -0.2) is 65.5 Å². The summed E-state index contributed by atoms with van der Waals surface area (Å²) in [5.74, 6) is -3.28. The smallest absolute Gasteiger partial charge is 0.326 e. The zero-order chi connectivity index (χ0) is 25.0. The van der Waals surface area contributed by atoms with E-state index >= 15 is 0 Å². The van der Waals surface area contributed by atoms with E-state index in [-0.39, 0.29) is 49.5 Å². The largest absolute Gasteiger partial charge is 0.493 e. The molecular formula is C23H21F2N7O3S. The molecule has 6 rings (SSSR count). The monoisotopic (exact) mass is 513 g/mol. The highest BCUT2D eigenvalue weighted by Crippen LogP contribution is 2.31. The lowest BCUT2D eigenvalue weighted by molar-refractivity contribution is -0.0493. The van der Waals surface area contributed by atoms with Gasteiger partial charge in [-0.1, -0.05) is 0 Å². The van der Waals surface area contributed by atoms with E-state index in [0.29, 0.717) is 26.9 Å². The maximum absolute atomic E-state index is 13.5. The molecule has 0 bridgehead atoms. The number of aromatic amines is 2. The summed E-state index contributed by atoms with van der Waals surface area (Å²) >= 11 is 1.24. The number of hydrogen-bond acceptors (Lipinski definition) is 7. The lowest BCUT2D eigenvalue weighted by atomic mass is 10.1. The number of carbonyl (C=O) groups excluding carboxylic acids is 1. The summed E-state index contributed by atoms with van der Waals surface area (Å²) in [4.78, 5) is 41.3. The predicted octanol–water partition coefficient (Wildman–Crippen LogP) is 1.66. The van der Waals surface area contributed by atoms with E-state index in [0.717, 1.165) is 17.7 Å². The van der Waals surface area contributed by atoms with E-state index in [9.17, 15) is 23.5 Å². The summed E-state index contributed by atoms with van der Waals surface area (Å²) in [7, 11) is 0. The van der Waals surface area contributed by atoms with Crippen LogP contribution in [0, 0.1) is 0 Å². The number of aromatic nitrogens is 5. The molecule has 3 N–H and O–H groups in total. The van der Waals surface area contributed by atoms with E-state index in [4.69, 9.17) is 9.98 Å². The Bertz CT molecular complexity index is 1650. The van der Waals surface area contributed by atoms with Gasteiger partial charge in [0.15, 0.2) is 11.1 Å². The van der Waals surface area contributed by atoms with Crippen LogP contribution in [-0.2, 0) is 0 Å². The van der Waals surface area contributed by atoms with Crippen molar-refractivity contribution in [1.29, 1.82) is 0 Å². The first-order valence-corrected chi connectivity index (χ1v) is 12.3. The predicted molar refractivity (Wildman–Crippen MR) is 127 cm³/mol. The molecule has 1 saturated heterocycles. The Kier molecular flexibility index (Phi) is 5.25. The van der Waals surface area contributed by atoms with Crippen LogP contribution in [0.2, 0.25) is 0 Å². The second-order valence-corrected chi connectivity index (χ2v) is 10.1. The highest BCUT2D eigenvalue weighted by Gasteiger charge is 2.36. The standard InChI is InChI=1S/C23H21F2N7O3S/c24-23(25)5-7-31(8-6-23)21(34)17-4-3-16(36-17)14-10-18(27-13-1-2-13)32-19(28-14)12(11-26-32)9-15-20(33)30-22(35)29-15/h3-4,9-11,13,33H,1-2,5-8H2,(H2,29,30,35). The van der Waals surface area contributed by atoms with Crippen molar-refractivity contribution >= 4 is 29.0 Å². The molecule has 1 aliphatic heterocycles. The zero-order valence-electron chi connectivity index (χ0n) is 18.9. The number of thiophene rings is 1. The van der Waals surface area contributed by atoms with Gasteiger partial charge in [-0.3, -0.25) is 14.8 Å². The fourth-order valence-electron chi connectivity index (χ4n) is 4.11. The van der Waals surface area contributed by atoms with Crippen molar-refractivity contribution < 1.29 is 18.7 Å². The van der Waals surface area contributed by atoms with Crippen molar-refractivity contribution in [1.82, 2.24) is 29.5 Å². The molecule has 2 aliphatic rings. The maximum Gasteiger partial charge on any atom is 0.326 e. The van der Waals surface area contributed by atoms with Gasteiger partial charge in [0, 0.05) is 37.2 Å². The lowest BCUT2D eigenvalue weighted by Gasteiger charge is -2.31. The van der Waals surface area contributed by atoms with E-state index < -0.39 is 11.6 Å². The van der Waals surface area contributed by atoms with Gasteiger partial charge in [-0.2, -0.15) is 9.61 Å². The number of nitrogens with one attached hydrogen (secondary N) is 2. The Labute approximate surface area is 205 Å². The average molecular weight is 514 g/mol. The second-order valence-electron chi connectivity index (χ2n) is 8.99. The van der Waals surface area contributed by atoms with Crippen LogP contribution < -0.4 is 16.4 Å². The summed E-state index contributed by atoms with van der Waals surface area (Å²) < 4.78 is 28.6. The molecule has 4 aromatic rings. The fraction of sp³-hybridized carbons (Fsp3) is 0.348. The minimum atomic E-state index is -2.72. The van der Waals surface area contributed by atoms with Gasteiger partial charge in [0.1, 0.15) is 5.69 Å². The molecule has 1 saturated carbocycles. The summed E-state index contributed by atoms with van der Waals surface area (Å²) in [5, 5.41) is 14.9. The number of nitrogens with zero attached hydrogens (tertiary/aromatic N) is 5. The summed E-state index contributed by atoms with van der Waals surface area (Å²) in [6.07, 6.45) is 4.45. The molecule has 186 valence electrons. The van der Waals surface area contributed by atoms with Gasteiger partial charge in [-0.05, 0) is 31.1 Å². The van der Waals surface area contributed by atoms with E-state index in [2.05, 4.69) is 15.1 Å². The van der Waals surface area contributed by atoms with Gasteiger partial charge in [0.25, 0.3) is 11.8 Å². The van der Waals surface area contributed by atoms with Gasteiger partial charge in [0.2, 0.25) is 5.88 Å². The van der Waals surface area contributed by atoms with Crippen LogP contribution in [0.1, 0.15) is 41.0 Å². The van der Waals surface area contributed by atoms with Crippen molar-refractivity contribution in [3.8, 4) is 16.5 Å². The van der Waals surface area contributed by atoms with Crippen molar-refractivity contribution in [2.24, 2.45) is 4.99 Å². The summed E-state index contributed by atoms with van der Waals surface area (Å²) in [5.41, 5.74) is 1.30. The molecule has 4 aromatic heterocycles. The molecule has 36 heavy (non-hydrogen) atoms. The molecule has 10 nitrogen and oxygen atoms in total. The molecular weight excluding hydrogens is 492 g/mol. The molecule has 5 heterocycles. The third-order valence-electron chi connectivity index (χ3n) is 6.23. The zero-order valence-corrected chi connectivity index (χ0v) is 19.7. The molecule has 0 spiro atoms. The minimum Gasteiger partial charge on any atom is -0.493 e. The summed E-state index contributed by atoms with van der Waals surface area (Å²) in [6, 6.07) is 5.48. The third-order valence-corrected chi connectivity index (χ3v) is 7.32. The van der Waals surface area contributed by atoms with Crippen LogP contribution in [0.15, 0.2) is 34.2 Å². The molecule has 0 atom stereocenters. The normalized spacial score (nSPS) is 18.9. The molecule has 0 aromatic carbocycles. The van der Waals surface area contributed by atoms with Crippen LogP contribution in [0.3, 0.4) is 0 Å². The first kappa shape index (κ1) is 22.6. The molecule has 0 radical (unpaired) electrons. The molecule has 0 unspecified atom stereocenters. The Morgan fingerprint density at radius 3 is 2.72 bits per heavy atom. The summed E-state index contributed by atoms with van der Waals surface area (Å²) in [6.45, 7) is 0.0492. The third kappa shape index (κ3) is 4.30. The van der Waals surface area contributed by atoms with Gasteiger partial charge < -0.3 is 15.0 Å². The fourth-order valence-corrected chi connectivity index (χ4v) is 5.04. The van der Waals surface area contributed by atoms with Crippen molar-refractivity contribution in [2.75, 3.05) is 13.1 Å². The number of alkyl halides is 2. The van der Waals surface area contributed by atoms with Gasteiger partial charge in [-0.25, -0.2) is 18.6 Å². The Balaban J connectivity index is 1.40. The number of halogens is 2. The van der Waals surface area contributed by atoms with Crippen LogP contribution in [0.4, 0.5) is 8.78 Å². The SMILES string of the molecule is O=C(c1ccc(-c2cc(=NC3CC3)n3ncc(=Cc4[nH]c(=O)[nH]c4O)c3n2)s1)N1CCC(F)(F)CC1. The number of rotatable bonds is 4. The van der Waals surface area contributed by atoms with Crippen molar-refractivity contribution in [3.63, 3.8) is 0 Å². The molecule has 13 heteroatoms. The quantitative estimate of drug-likeness (QED) is 0.382. The Morgan fingerprint density at radius 1 is 1.25 bits per heavy atom. The van der Waals surface area contributed by atoms with E-state index in [1.165, 1.54) is 16.2 Å². The first-order chi connectivity index (χ1) is 17.3. The molecule has 1 amide bonds. The van der Waals surface area contributed by atoms with Crippen LogP contribution in [0.25, 0.3) is 22.3 Å². The van der Waals surface area contributed by atoms with Crippen LogP contribution in [0.5, 0.6) is 5.88 Å². The average Bonchev–Trinajstić information content (AvgIpc) is 3.22. The maximum atomic E-state index is 13.5. The topological polar surface area (TPSA) is 132 Å². The lowest BCUT2D eigenvalue weighted by Crippen LogP contribution is -2.42. The number of amides is 1. The highest BCUT2D eigenvalue weighted by molar-refractivity contribution is 7.17. The Hall–Kier alpha value is -3.87. The van der Waals surface area contributed by atoms with Gasteiger partial charge in [0.05, 0.1) is 27.7 Å². The number of aromatic hydroxyl groups is 1. The number of H-pyrrole nitrogens is 2. The van der Waals surface area contributed by atoms with Crippen LogP contribution >= 0.6 is 11.3 Å². The highest BCUT2D eigenvalue weighted by atomic mass is 32.1. The van der Waals surface area contributed by atoms with Gasteiger partial charge in [-0.15, -0.1) is 11.3 Å². The number of likely N-dealkylation sites (tertiary alicyclic amines) is 1. The number of carbonyl (C=O) groups is 1. The number of fused-ring (bicyclic) bond motifs is 1.